The number of nitrogens with zero attached hydrogens (tertiary/aromatic N) is 3. The lowest BCUT2D eigenvalue weighted by Crippen LogP contribution is -2.12. The van der Waals surface area contributed by atoms with Crippen LogP contribution in [-0.2, 0) is 6.18 Å². The number of halogens is 5. The summed E-state index contributed by atoms with van der Waals surface area (Å²) < 4.78 is 39.9. The minimum absolute atomic E-state index is 0.0686. The molecule has 0 atom stereocenters. The number of rotatable bonds is 1. The lowest BCUT2D eigenvalue weighted by molar-refractivity contribution is -0.144. The maximum absolute atomic E-state index is 13.0. The van der Waals surface area contributed by atoms with Gasteiger partial charge in [-0.1, -0.05) is 35.4 Å². The van der Waals surface area contributed by atoms with E-state index in [1.54, 1.807) is 19.1 Å². The molecule has 4 nitrogen and oxygen atoms in total. The molecule has 0 saturated heterocycles. The Kier molecular flexibility index (Phi) is 3.86. The molecule has 23 heavy (non-hydrogen) atoms. The van der Waals surface area contributed by atoms with Crippen LogP contribution in [0.25, 0.3) is 16.7 Å². The van der Waals surface area contributed by atoms with Crippen LogP contribution in [0.2, 0.25) is 10.0 Å². The molecule has 1 N–H and O–H groups in total. The molecule has 0 aliphatic rings. The zero-order chi connectivity index (χ0) is 16.9. The average Bonchev–Trinajstić information content (AvgIpc) is 2.75. The van der Waals surface area contributed by atoms with Crippen molar-refractivity contribution in [3.63, 3.8) is 0 Å². The predicted molar refractivity (Wildman–Crippen MR) is 83.8 cm³/mol. The number of aromatic nitrogens is 4. The summed E-state index contributed by atoms with van der Waals surface area (Å²) in [5, 5.41) is 5.19. The van der Waals surface area contributed by atoms with Gasteiger partial charge in [0.05, 0.1) is 21.8 Å². The molecular weight excluding hydrogens is 372 g/mol. The van der Waals surface area contributed by atoms with Gasteiger partial charge in [0.1, 0.15) is 10.3 Å². The van der Waals surface area contributed by atoms with E-state index in [1.165, 1.54) is 10.7 Å². The molecule has 0 aliphatic heterocycles. The predicted octanol–water partition coefficient (Wildman–Crippen LogP) is 5.11. The molecule has 0 aliphatic carbocycles. The summed E-state index contributed by atoms with van der Waals surface area (Å²) in [5.41, 5.74) is 0.881. The summed E-state index contributed by atoms with van der Waals surface area (Å²) in [7, 11) is 0. The van der Waals surface area contributed by atoms with Gasteiger partial charge < -0.3 is 4.98 Å². The monoisotopic (exact) mass is 378 g/mol. The van der Waals surface area contributed by atoms with Crippen LogP contribution in [0, 0.1) is 11.6 Å². The largest absolute Gasteiger partial charge is 0.449 e. The van der Waals surface area contributed by atoms with E-state index in [0.29, 0.717) is 21.8 Å². The van der Waals surface area contributed by atoms with Crippen LogP contribution in [0.1, 0.15) is 11.5 Å². The van der Waals surface area contributed by atoms with Crippen LogP contribution in [0.15, 0.2) is 18.2 Å². The highest BCUT2D eigenvalue weighted by atomic mass is 35.5. The van der Waals surface area contributed by atoms with Crippen molar-refractivity contribution in [2.24, 2.45) is 0 Å². The Bertz CT molecular complexity index is 978. The molecule has 0 radical (unpaired) electrons. The second-order valence-corrected chi connectivity index (χ2v) is 5.94. The van der Waals surface area contributed by atoms with E-state index < -0.39 is 12.0 Å². The molecule has 3 rings (SSSR count). The summed E-state index contributed by atoms with van der Waals surface area (Å²) in [5.74, 6) is -1.19. The summed E-state index contributed by atoms with van der Waals surface area (Å²) >= 11 is 16.9. The van der Waals surface area contributed by atoms with E-state index in [0.717, 1.165) is 0 Å². The fourth-order valence-corrected chi connectivity index (χ4v) is 2.98. The first kappa shape index (κ1) is 16.2. The quantitative estimate of drug-likeness (QED) is 0.598. The Morgan fingerprint density at radius 2 is 1.96 bits per heavy atom. The second-order valence-electron chi connectivity index (χ2n) is 4.70. The first-order chi connectivity index (χ1) is 10.7. The molecule has 120 valence electrons. The number of benzene rings is 1. The van der Waals surface area contributed by atoms with Crippen molar-refractivity contribution < 1.29 is 13.2 Å². The number of hydrogen-bond acceptors (Lipinski definition) is 3. The molecule has 2 heterocycles. The van der Waals surface area contributed by atoms with E-state index >= 15 is 0 Å². The molecule has 0 spiro atoms. The SMILES string of the molecule is Cc1nn(-c2ccc(Cl)cc2Cl)c2[nH]c(C(F)(F)F)nc(=S)c12. The minimum Gasteiger partial charge on any atom is -0.320 e. The van der Waals surface area contributed by atoms with Crippen LogP contribution in [-0.4, -0.2) is 19.7 Å². The van der Waals surface area contributed by atoms with Gasteiger partial charge in [-0.3, -0.25) is 0 Å². The van der Waals surface area contributed by atoms with Crippen molar-refractivity contribution in [1.29, 1.82) is 0 Å². The van der Waals surface area contributed by atoms with Gasteiger partial charge in [0.15, 0.2) is 0 Å². The van der Waals surface area contributed by atoms with E-state index in [1.807, 2.05) is 0 Å². The molecule has 0 saturated carbocycles. The van der Waals surface area contributed by atoms with Crippen LogP contribution >= 0.6 is 35.4 Å². The third-order valence-corrected chi connectivity index (χ3v) is 3.96. The van der Waals surface area contributed by atoms with Gasteiger partial charge in [-0.05, 0) is 25.1 Å². The molecule has 2 aromatic heterocycles. The summed E-state index contributed by atoms with van der Waals surface area (Å²) in [6, 6.07) is 4.59. The van der Waals surface area contributed by atoms with Crippen molar-refractivity contribution in [3.05, 3.63) is 44.4 Å². The lowest BCUT2D eigenvalue weighted by atomic mass is 10.3. The summed E-state index contributed by atoms with van der Waals surface area (Å²) in [6.07, 6.45) is -4.66. The van der Waals surface area contributed by atoms with Crippen molar-refractivity contribution in [1.82, 2.24) is 19.7 Å². The smallest absolute Gasteiger partial charge is 0.320 e. The number of aryl methyl sites for hydroxylation is 1. The molecule has 3 aromatic rings. The number of hydrogen-bond donors (Lipinski definition) is 1. The first-order valence-electron chi connectivity index (χ1n) is 6.21. The third-order valence-electron chi connectivity index (χ3n) is 3.13. The lowest BCUT2D eigenvalue weighted by Gasteiger charge is -2.09. The second kappa shape index (κ2) is 5.47. The number of aromatic amines is 1. The minimum atomic E-state index is -4.66. The molecular formula is C13H7Cl2F3N4S. The molecule has 0 amide bonds. The zero-order valence-electron chi connectivity index (χ0n) is 11.4. The van der Waals surface area contributed by atoms with Gasteiger partial charge in [-0.25, -0.2) is 9.67 Å². The summed E-state index contributed by atoms with van der Waals surface area (Å²) in [6.45, 7) is 1.63. The van der Waals surface area contributed by atoms with E-state index in [9.17, 15) is 13.2 Å². The van der Waals surface area contributed by atoms with Gasteiger partial charge in [0.2, 0.25) is 5.82 Å². The van der Waals surface area contributed by atoms with Crippen LogP contribution < -0.4 is 0 Å². The summed E-state index contributed by atoms with van der Waals surface area (Å²) in [4.78, 5) is 5.65. The standard InChI is InChI=1S/C13H7Cl2F3N4S/c1-5-9-10(19-12(13(16,17)18)20-11(9)23)22(21-5)8-3-2-6(14)4-7(8)15/h2-4H,1H3,(H,19,20,23). The van der Waals surface area contributed by atoms with Gasteiger partial charge >= 0.3 is 6.18 Å². The fraction of sp³-hybridized carbons (Fsp3) is 0.154. The van der Waals surface area contributed by atoms with Crippen LogP contribution in [0.4, 0.5) is 13.2 Å². The Hall–Kier alpha value is -1.64. The number of fused-ring (bicyclic) bond motifs is 1. The van der Waals surface area contributed by atoms with E-state index in [-0.39, 0.29) is 15.3 Å². The van der Waals surface area contributed by atoms with Crippen molar-refractivity contribution in [3.8, 4) is 5.69 Å². The fourth-order valence-electron chi connectivity index (χ4n) is 2.16. The van der Waals surface area contributed by atoms with Gasteiger partial charge in [-0.15, -0.1) is 0 Å². The van der Waals surface area contributed by atoms with Crippen LogP contribution in [0.3, 0.4) is 0 Å². The molecule has 0 unspecified atom stereocenters. The van der Waals surface area contributed by atoms with Crippen molar-refractivity contribution in [2.75, 3.05) is 0 Å². The molecule has 0 fully saturated rings. The first-order valence-corrected chi connectivity index (χ1v) is 7.37. The van der Waals surface area contributed by atoms with Crippen LogP contribution in [0.5, 0.6) is 0 Å². The highest BCUT2D eigenvalue weighted by molar-refractivity contribution is 7.71. The Labute approximate surface area is 142 Å². The Balaban J connectivity index is 2.38. The van der Waals surface area contributed by atoms with Gasteiger partial charge in [-0.2, -0.15) is 18.3 Å². The molecule has 0 bridgehead atoms. The van der Waals surface area contributed by atoms with Crippen molar-refractivity contribution in [2.45, 2.75) is 13.1 Å². The highest BCUT2D eigenvalue weighted by Gasteiger charge is 2.35. The Morgan fingerprint density at radius 3 is 2.57 bits per heavy atom. The average molecular weight is 379 g/mol. The normalized spacial score (nSPS) is 12.1. The highest BCUT2D eigenvalue weighted by Crippen LogP contribution is 2.31. The Morgan fingerprint density at radius 1 is 1.26 bits per heavy atom. The zero-order valence-corrected chi connectivity index (χ0v) is 13.7. The maximum atomic E-state index is 13.0. The maximum Gasteiger partial charge on any atom is 0.449 e. The molecule has 1 aromatic carbocycles. The van der Waals surface area contributed by atoms with Gasteiger partial charge in [0.25, 0.3) is 0 Å². The van der Waals surface area contributed by atoms with E-state index in [2.05, 4.69) is 15.1 Å². The third kappa shape index (κ3) is 2.82. The molecule has 10 heteroatoms. The number of nitrogens with one attached hydrogen (secondary N) is 1. The number of alkyl halides is 3. The van der Waals surface area contributed by atoms with Crippen molar-refractivity contribution >= 4 is 46.5 Å². The van der Waals surface area contributed by atoms with Gasteiger partial charge in [0, 0.05) is 5.02 Å². The number of H-pyrrole nitrogens is 1. The van der Waals surface area contributed by atoms with E-state index in [4.69, 9.17) is 35.4 Å². The topological polar surface area (TPSA) is 46.5 Å².